The van der Waals surface area contributed by atoms with Gasteiger partial charge in [0.05, 0.1) is 11.1 Å². The molecule has 2 atom stereocenters. The fourth-order valence-corrected chi connectivity index (χ4v) is 3.79. The molecule has 2 bridgehead atoms. The van der Waals surface area contributed by atoms with Crippen molar-refractivity contribution in [3.05, 3.63) is 29.6 Å². The summed E-state index contributed by atoms with van der Waals surface area (Å²) in [5.74, 6) is 0.617. The molecular weight excluding hydrogens is 252 g/mol. The van der Waals surface area contributed by atoms with Crippen LogP contribution in [0.2, 0.25) is 0 Å². The van der Waals surface area contributed by atoms with Gasteiger partial charge in [0.15, 0.2) is 0 Å². The molecule has 0 radical (unpaired) electrons. The summed E-state index contributed by atoms with van der Waals surface area (Å²) in [5, 5.41) is 0. The number of hydrogen-bond acceptors (Lipinski definition) is 3. The molecule has 2 fully saturated rings. The molecule has 2 aliphatic rings. The van der Waals surface area contributed by atoms with Gasteiger partial charge < -0.3 is 15.6 Å². The lowest BCUT2D eigenvalue weighted by atomic mass is 9.80. The van der Waals surface area contributed by atoms with Gasteiger partial charge in [-0.1, -0.05) is 6.07 Å². The number of piperidine rings is 1. The van der Waals surface area contributed by atoms with Crippen molar-refractivity contribution in [1.29, 1.82) is 0 Å². The Labute approximate surface area is 117 Å². The number of nitrogens with zero attached hydrogens (tertiary/aromatic N) is 2. The fourth-order valence-electron chi connectivity index (χ4n) is 3.79. The molecule has 1 aromatic carbocycles. The molecule has 5 nitrogen and oxygen atoms in total. The van der Waals surface area contributed by atoms with Crippen LogP contribution >= 0.6 is 0 Å². The Morgan fingerprint density at radius 2 is 2.25 bits per heavy atom. The number of aromatic nitrogens is 2. The van der Waals surface area contributed by atoms with Crippen LogP contribution < -0.4 is 5.73 Å². The van der Waals surface area contributed by atoms with Crippen LogP contribution in [0.15, 0.2) is 18.2 Å². The smallest absolute Gasteiger partial charge is 0.250 e. The van der Waals surface area contributed by atoms with Crippen molar-refractivity contribution in [2.24, 2.45) is 5.73 Å². The number of para-hydroxylation sites is 1. The van der Waals surface area contributed by atoms with Gasteiger partial charge in [-0.15, -0.1) is 0 Å². The molecule has 2 unspecified atom stereocenters. The van der Waals surface area contributed by atoms with Crippen LogP contribution in [0.25, 0.3) is 11.0 Å². The summed E-state index contributed by atoms with van der Waals surface area (Å²) in [6, 6.07) is 5.56. The third-order valence-electron chi connectivity index (χ3n) is 4.84. The average Bonchev–Trinajstić information content (AvgIpc) is 3.00. The molecule has 0 saturated carbocycles. The highest BCUT2D eigenvalue weighted by Crippen LogP contribution is 2.41. The van der Waals surface area contributed by atoms with E-state index in [0.717, 1.165) is 30.9 Å². The van der Waals surface area contributed by atoms with Gasteiger partial charge in [0.1, 0.15) is 11.3 Å². The van der Waals surface area contributed by atoms with Gasteiger partial charge in [0.25, 0.3) is 5.91 Å². The lowest BCUT2D eigenvalue weighted by Crippen LogP contribution is -2.37. The maximum absolute atomic E-state index is 11.5. The summed E-state index contributed by atoms with van der Waals surface area (Å²) >= 11 is 0. The zero-order valence-corrected chi connectivity index (χ0v) is 11.4. The number of carbonyl (C=O) groups is 1. The number of fused-ring (bicyclic) bond motifs is 3. The molecule has 20 heavy (non-hydrogen) atoms. The van der Waals surface area contributed by atoms with Crippen molar-refractivity contribution >= 4 is 16.9 Å². The third kappa shape index (κ3) is 1.59. The van der Waals surface area contributed by atoms with Gasteiger partial charge in [0.2, 0.25) is 0 Å². The minimum Gasteiger partial charge on any atom is -0.366 e. The van der Waals surface area contributed by atoms with Crippen molar-refractivity contribution in [3.63, 3.8) is 0 Å². The SMILES string of the molecule is NC(=O)c1cccc2[nH]c(C34CCCN(CC3)C4)nc12. The molecule has 4 rings (SSSR count). The predicted octanol–water partition coefficient (Wildman–Crippen LogP) is 1.40. The van der Waals surface area contributed by atoms with Gasteiger partial charge >= 0.3 is 0 Å². The van der Waals surface area contributed by atoms with E-state index in [1.807, 2.05) is 12.1 Å². The van der Waals surface area contributed by atoms with Crippen LogP contribution in [0.4, 0.5) is 0 Å². The number of nitrogens with one attached hydrogen (secondary N) is 1. The highest BCUT2D eigenvalue weighted by atomic mass is 16.1. The van der Waals surface area contributed by atoms with E-state index in [-0.39, 0.29) is 5.41 Å². The summed E-state index contributed by atoms with van der Waals surface area (Å²) < 4.78 is 0. The first-order valence-corrected chi connectivity index (χ1v) is 7.19. The Morgan fingerprint density at radius 1 is 1.35 bits per heavy atom. The summed E-state index contributed by atoms with van der Waals surface area (Å²) in [6.07, 6.45) is 3.55. The van der Waals surface area contributed by atoms with E-state index in [1.165, 1.54) is 19.4 Å². The van der Waals surface area contributed by atoms with Gasteiger partial charge in [-0.3, -0.25) is 4.79 Å². The molecule has 2 saturated heterocycles. The highest BCUT2D eigenvalue weighted by Gasteiger charge is 2.44. The van der Waals surface area contributed by atoms with E-state index >= 15 is 0 Å². The van der Waals surface area contributed by atoms with E-state index in [2.05, 4.69) is 9.88 Å². The van der Waals surface area contributed by atoms with Gasteiger partial charge in [-0.2, -0.15) is 0 Å². The van der Waals surface area contributed by atoms with Crippen LogP contribution in [0.1, 0.15) is 35.4 Å². The van der Waals surface area contributed by atoms with Crippen molar-refractivity contribution < 1.29 is 4.79 Å². The largest absolute Gasteiger partial charge is 0.366 e. The lowest BCUT2D eigenvalue weighted by molar-refractivity contribution is 0.100. The molecule has 1 amide bonds. The number of amides is 1. The normalized spacial score (nSPS) is 28.9. The summed E-state index contributed by atoms with van der Waals surface area (Å²) in [6.45, 7) is 3.44. The van der Waals surface area contributed by atoms with Gasteiger partial charge in [-0.25, -0.2) is 4.98 Å². The lowest BCUT2D eigenvalue weighted by Gasteiger charge is -2.32. The van der Waals surface area contributed by atoms with Crippen LogP contribution in [0.3, 0.4) is 0 Å². The number of H-pyrrole nitrogens is 1. The Bertz CT molecular complexity index is 688. The number of aromatic amines is 1. The molecule has 0 aliphatic carbocycles. The first kappa shape index (κ1) is 11.9. The first-order valence-electron chi connectivity index (χ1n) is 7.19. The number of hydrogen-bond donors (Lipinski definition) is 2. The van der Waals surface area contributed by atoms with Crippen molar-refractivity contribution in [1.82, 2.24) is 14.9 Å². The number of rotatable bonds is 2. The molecule has 2 aliphatic heterocycles. The van der Waals surface area contributed by atoms with E-state index < -0.39 is 5.91 Å². The Balaban J connectivity index is 1.85. The second-order valence-electron chi connectivity index (χ2n) is 6.06. The Kier molecular flexibility index (Phi) is 2.41. The Hall–Kier alpha value is -1.88. The van der Waals surface area contributed by atoms with Crippen molar-refractivity contribution in [2.45, 2.75) is 24.7 Å². The monoisotopic (exact) mass is 270 g/mol. The molecular formula is C15H18N4O. The summed E-state index contributed by atoms with van der Waals surface area (Å²) in [5.41, 5.74) is 7.72. The maximum atomic E-state index is 11.5. The van der Waals surface area contributed by atoms with Crippen LogP contribution in [0.5, 0.6) is 0 Å². The summed E-state index contributed by atoms with van der Waals surface area (Å²) in [4.78, 5) is 22.2. The highest BCUT2D eigenvalue weighted by molar-refractivity contribution is 6.04. The van der Waals surface area contributed by atoms with E-state index in [4.69, 9.17) is 10.7 Å². The minimum absolute atomic E-state index is 0.145. The molecule has 3 heterocycles. The quantitative estimate of drug-likeness (QED) is 0.866. The number of benzene rings is 1. The second-order valence-corrected chi connectivity index (χ2v) is 6.06. The average molecular weight is 270 g/mol. The zero-order valence-electron chi connectivity index (χ0n) is 11.4. The van der Waals surface area contributed by atoms with Crippen molar-refractivity contribution in [3.8, 4) is 0 Å². The number of primary amides is 1. The molecule has 3 N–H and O–H groups in total. The molecule has 104 valence electrons. The molecule has 1 aromatic heterocycles. The number of nitrogens with two attached hydrogens (primary N) is 1. The van der Waals surface area contributed by atoms with Crippen LogP contribution in [-0.2, 0) is 5.41 Å². The number of carbonyl (C=O) groups excluding carboxylic acids is 1. The maximum Gasteiger partial charge on any atom is 0.250 e. The minimum atomic E-state index is -0.414. The zero-order chi connectivity index (χ0) is 13.7. The third-order valence-corrected chi connectivity index (χ3v) is 4.84. The Morgan fingerprint density at radius 3 is 3.10 bits per heavy atom. The standard InChI is InChI=1S/C15H18N4O/c16-13(20)10-3-1-4-11-12(10)18-14(17-11)15-5-2-7-19(9-15)8-6-15/h1,3-4H,2,5-9H2,(H2,16,20)(H,17,18). The summed E-state index contributed by atoms with van der Waals surface area (Å²) in [7, 11) is 0. The van der Waals surface area contributed by atoms with E-state index in [9.17, 15) is 4.79 Å². The van der Waals surface area contributed by atoms with Crippen molar-refractivity contribution in [2.75, 3.05) is 19.6 Å². The van der Waals surface area contributed by atoms with E-state index in [0.29, 0.717) is 11.1 Å². The van der Waals surface area contributed by atoms with Crippen LogP contribution in [-0.4, -0.2) is 40.4 Å². The number of imidazole rings is 1. The van der Waals surface area contributed by atoms with Gasteiger partial charge in [0, 0.05) is 12.0 Å². The fraction of sp³-hybridized carbons (Fsp3) is 0.467. The topological polar surface area (TPSA) is 75.0 Å². The van der Waals surface area contributed by atoms with Gasteiger partial charge in [-0.05, 0) is 44.5 Å². The van der Waals surface area contributed by atoms with Crippen LogP contribution in [0, 0.1) is 0 Å². The first-order chi connectivity index (χ1) is 9.68. The molecule has 0 spiro atoms. The molecule has 2 aromatic rings. The second kappa shape index (κ2) is 4.06. The van der Waals surface area contributed by atoms with E-state index in [1.54, 1.807) is 6.07 Å². The predicted molar refractivity (Wildman–Crippen MR) is 76.6 cm³/mol. The molecule has 5 heteroatoms.